The van der Waals surface area contributed by atoms with Crippen molar-refractivity contribution in [2.45, 2.75) is 46.6 Å². The summed E-state index contributed by atoms with van der Waals surface area (Å²) in [5, 5.41) is 12.6. The van der Waals surface area contributed by atoms with Gasteiger partial charge >= 0.3 is 12.0 Å². The number of ether oxygens (including phenoxy) is 2. The van der Waals surface area contributed by atoms with Crippen LogP contribution >= 0.6 is 11.6 Å². The molecule has 0 aliphatic rings. The molecule has 2 aromatic carbocycles. The summed E-state index contributed by atoms with van der Waals surface area (Å²) in [5.41, 5.74) is 1.49. The second-order valence-corrected chi connectivity index (χ2v) is 9.59. The predicted octanol–water partition coefficient (Wildman–Crippen LogP) is 5.72. The van der Waals surface area contributed by atoms with E-state index in [-0.39, 0.29) is 17.9 Å². The molecule has 2 amide bonds. The van der Waals surface area contributed by atoms with Gasteiger partial charge in [0.1, 0.15) is 12.4 Å². The lowest BCUT2D eigenvalue weighted by Crippen LogP contribution is -2.39. The Morgan fingerprint density at radius 1 is 1.09 bits per heavy atom. The van der Waals surface area contributed by atoms with Crippen molar-refractivity contribution in [2.24, 2.45) is 5.41 Å². The molecule has 0 saturated heterocycles. The van der Waals surface area contributed by atoms with Crippen LogP contribution in [0.25, 0.3) is 0 Å². The number of nitrogens with zero attached hydrogens (tertiary/aromatic N) is 1. The van der Waals surface area contributed by atoms with E-state index in [1.165, 1.54) is 0 Å². The number of carbonyl (C=O) groups is 2. The van der Waals surface area contributed by atoms with E-state index in [0.717, 1.165) is 12.0 Å². The van der Waals surface area contributed by atoms with Gasteiger partial charge in [0.05, 0.1) is 17.3 Å². The van der Waals surface area contributed by atoms with E-state index in [0.29, 0.717) is 42.8 Å². The fourth-order valence-electron chi connectivity index (χ4n) is 3.17. The molecule has 0 aliphatic carbocycles. The van der Waals surface area contributed by atoms with Gasteiger partial charge in [0.2, 0.25) is 0 Å². The van der Waals surface area contributed by atoms with Crippen LogP contribution in [0, 0.1) is 5.41 Å². The summed E-state index contributed by atoms with van der Waals surface area (Å²) < 4.78 is 11.1. The number of aliphatic carboxylic acids is 1. The highest BCUT2D eigenvalue weighted by atomic mass is 35.5. The molecule has 2 N–H and O–H groups in total. The van der Waals surface area contributed by atoms with Gasteiger partial charge in [-0.2, -0.15) is 0 Å². The Morgan fingerprint density at radius 2 is 1.76 bits per heavy atom. The molecule has 1 atom stereocenters. The zero-order valence-corrected chi connectivity index (χ0v) is 21.1. The van der Waals surface area contributed by atoms with E-state index in [4.69, 9.17) is 21.1 Å². The number of amides is 2. The fourth-order valence-corrected chi connectivity index (χ4v) is 3.35. The molecule has 0 saturated carbocycles. The first-order chi connectivity index (χ1) is 16.1. The summed E-state index contributed by atoms with van der Waals surface area (Å²) >= 11 is 6.19. The maximum atomic E-state index is 12.9. The van der Waals surface area contributed by atoms with E-state index in [9.17, 15) is 14.7 Å². The summed E-state index contributed by atoms with van der Waals surface area (Å²) in [6, 6.07) is 14.1. The number of benzene rings is 2. The summed E-state index contributed by atoms with van der Waals surface area (Å²) in [7, 11) is 0. The number of nitrogens with one attached hydrogen (secondary N) is 1. The predicted molar refractivity (Wildman–Crippen MR) is 135 cm³/mol. The van der Waals surface area contributed by atoms with Gasteiger partial charge in [-0.25, -0.2) is 9.59 Å². The molecule has 7 nitrogen and oxygen atoms in total. The van der Waals surface area contributed by atoms with Crippen LogP contribution < -0.4 is 10.1 Å². The van der Waals surface area contributed by atoms with E-state index in [2.05, 4.69) is 26.1 Å². The lowest BCUT2D eigenvalue weighted by atomic mass is 9.92. The highest BCUT2D eigenvalue weighted by Gasteiger charge is 2.20. The van der Waals surface area contributed by atoms with Crippen LogP contribution in [0.15, 0.2) is 48.5 Å². The van der Waals surface area contributed by atoms with Crippen LogP contribution in [-0.4, -0.2) is 54.4 Å². The molecule has 0 aromatic heterocycles. The molecule has 0 heterocycles. The van der Waals surface area contributed by atoms with Gasteiger partial charge in [-0.05, 0) is 48.6 Å². The van der Waals surface area contributed by atoms with E-state index in [1.807, 2.05) is 24.3 Å². The van der Waals surface area contributed by atoms with Crippen molar-refractivity contribution < 1.29 is 24.2 Å². The first-order valence-corrected chi connectivity index (χ1v) is 11.8. The van der Waals surface area contributed by atoms with Gasteiger partial charge in [0.25, 0.3) is 0 Å². The van der Waals surface area contributed by atoms with Crippen LogP contribution in [0.4, 0.5) is 10.5 Å². The number of carboxylic acid groups (broad SMARTS) is 1. The van der Waals surface area contributed by atoms with Gasteiger partial charge in [-0.15, -0.1) is 0 Å². The molecule has 1 unspecified atom stereocenters. The number of carbonyl (C=O) groups excluding carboxylic acids is 1. The number of carboxylic acids is 1. The molecule has 0 aliphatic heterocycles. The Hall–Kier alpha value is -2.77. The number of rotatable bonds is 12. The number of hydrogen-bond donors (Lipinski definition) is 2. The lowest BCUT2D eigenvalue weighted by Gasteiger charge is -2.27. The minimum atomic E-state index is -0.979. The van der Waals surface area contributed by atoms with E-state index in [1.54, 1.807) is 36.1 Å². The van der Waals surface area contributed by atoms with Crippen molar-refractivity contribution >= 4 is 29.3 Å². The van der Waals surface area contributed by atoms with Crippen LogP contribution in [-0.2, 0) is 16.0 Å². The Morgan fingerprint density at radius 3 is 2.35 bits per heavy atom. The van der Waals surface area contributed by atoms with Crippen LogP contribution in [0.5, 0.6) is 5.75 Å². The van der Waals surface area contributed by atoms with Crippen molar-refractivity contribution in [1.29, 1.82) is 0 Å². The Labute approximate surface area is 207 Å². The van der Waals surface area contributed by atoms with Crippen molar-refractivity contribution in [2.75, 3.05) is 31.6 Å². The minimum Gasteiger partial charge on any atom is -0.492 e. The van der Waals surface area contributed by atoms with Crippen LogP contribution in [0.3, 0.4) is 0 Å². The molecule has 34 heavy (non-hydrogen) atoms. The second-order valence-electron chi connectivity index (χ2n) is 9.19. The zero-order valence-electron chi connectivity index (χ0n) is 20.3. The SMILES string of the molecule is CCOC(Cc1ccc(OCCN(CCC(C)(C)C)C(=O)Nc2ccccc2Cl)cc1)C(=O)O. The summed E-state index contributed by atoms with van der Waals surface area (Å²) in [4.78, 5) is 25.9. The maximum Gasteiger partial charge on any atom is 0.333 e. The van der Waals surface area contributed by atoms with Crippen molar-refractivity contribution in [1.82, 2.24) is 4.90 Å². The van der Waals surface area contributed by atoms with Crippen molar-refractivity contribution in [3.8, 4) is 5.75 Å². The van der Waals surface area contributed by atoms with Crippen LogP contribution in [0.1, 0.15) is 39.7 Å². The number of anilines is 1. The largest absolute Gasteiger partial charge is 0.492 e. The molecule has 186 valence electrons. The first-order valence-electron chi connectivity index (χ1n) is 11.5. The average Bonchev–Trinajstić information content (AvgIpc) is 2.77. The molecular weight excluding hydrogens is 456 g/mol. The Bertz CT molecular complexity index is 928. The highest BCUT2D eigenvalue weighted by molar-refractivity contribution is 6.33. The minimum absolute atomic E-state index is 0.0783. The molecule has 2 aromatic rings. The smallest absolute Gasteiger partial charge is 0.333 e. The number of para-hydroxylation sites is 1. The summed E-state index contributed by atoms with van der Waals surface area (Å²) in [5.74, 6) is -0.332. The van der Waals surface area contributed by atoms with Gasteiger partial charge in [-0.3, -0.25) is 0 Å². The van der Waals surface area contributed by atoms with Gasteiger partial charge in [0.15, 0.2) is 6.10 Å². The highest BCUT2D eigenvalue weighted by Crippen LogP contribution is 2.22. The average molecular weight is 491 g/mol. The molecule has 0 spiro atoms. The molecule has 0 radical (unpaired) electrons. The zero-order chi connectivity index (χ0) is 25.1. The Kier molecular flexibility index (Phi) is 10.7. The molecule has 2 rings (SSSR count). The Balaban J connectivity index is 1.95. The molecule has 0 bridgehead atoms. The van der Waals surface area contributed by atoms with Crippen molar-refractivity contribution in [3.63, 3.8) is 0 Å². The summed E-state index contributed by atoms with van der Waals surface area (Å²) in [6.45, 7) is 9.81. The molecule has 0 fully saturated rings. The summed E-state index contributed by atoms with van der Waals surface area (Å²) in [6.07, 6.45) is 0.249. The van der Waals surface area contributed by atoms with Gasteiger partial charge < -0.3 is 24.8 Å². The third-order valence-electron chi connectivity index (χ3n) is 5.15. The molecule has 8 heteroatoms. The van der Waals surface area contributed by atoms with E-state index >= 15 is 0 Å². The number of urea groups is 1. The maximum absolute atomic E-state index is 12.9. The third-order valence-corrected chi connectivity index (χ3v) is 5.48. The van der Waals surface area contributed by atoms with E-state index < -0.39 is 12.1 Å². The monoisotopic (exact) mass is 490 g/mol. The number of halogens is 1. The van der Waals surface area contributed by atoms with Gasteiger partial charge in [0, 0.05) is 19.6 Å². The second kappa shape index (κ2) is 13.2. The fraction of sp³-hybridized carbons (Fsp3) is 0.462. The molecular formula is C26H35ClN2O5. The van der Waals surface area contributed by atoms with Crippen LogP contribution in [0.2, 0.25) is 5.02 Å². The first kappa shape index (κ1) is 27.5. The lowest BCUT2D eigenvalue weighted by molar-refractivity contribution is -0.149. The topological polar surface area (TPSA) is 88.1 Å². The standard InChI is InChI=1S/C26H35ClN2O5/c1-5-33-23(24(30)31)18-19-10-12-20(13-11-19)34-17-16-29(15-14-26(2,3)4)25(32)28-22-9-7-6-8-21(22)27/h6-13,23H,5,14-18H2,1-4H3,(H,28,32)(H,30,31). The number of hydrogen-bond acceptors (Lipinski definition) is 4. The van der Waals surface area contributed by atoms with Gasteiger partial charge in [-0.1, -0.05) is 56.6 Å². The third kappa shape index (κ3) is 9.61. The quantitative estimate of drug-likeness (QED) is 0.397. The van der Waals surface area contributed by atoms with Crippen molar-refractivity contribution in [3.05, 3.63) is 59.1 Å². The normalized spacial score (nSPS) is 12.1.